The van der Waals surface area contributed by atoms with Crippen molar-refractivity contribution in [3.05, 3.63) is 52.2 Å². The molecule has 1 aliphatic heterocycles. The van der Waals surface area contributed by atoms with Crippen molar-refractivity contribution in [1.82, 2.24) is 15.1 Å². The van der Waals surface area contributed by atoms with E-state index < -0.39 is 0 Å². The van der Waals surface area contributed by atoms with Crippen molar-refractivity contribution in [3.63, 3.8) is 0 Å². The van der Waals surface area contributed by atoms with Gasteiger partial charge in [0.1, 0.15) is 0 Å². The molecule has 2 amide bonds. The van der Waals surface area contributed by atoms with E-state index in [4.69, 9.17) is 0 Å². The van der Waals surface area contributed by atoms with Crippen molar-refractivity contribution in [3.8, 4) is 0 Å². The highest BCUT2D eigenvalue weighted by atomic mass is 32.1. The summed E-state index contributed by atoms with van der Waals surface area (Å²) >= 11 is 1.79. The normalized spacial score (nSPS) is 15.4. The molecule has 27 heavy (non-hydrogen) atoms. The Bertz CT molecular complexity index is 755. The zero-order valence-electron chi connectivity index (χ0n) is 15.6. The molecule has 2 aromatic rings. The molecule has 1 aromatic carbocycles. The largest absolute Gasteiger partial charge is 0.352 e. The van der Waals surface area contributed by atoms with E-state index in [1.807, 2.05) is 6.92 Å². The molecule has 1 aromatic heterocycles. The first-order valence-corrected chi connectivity index (χ1v) is 10.2. The number of piperazine rings is 1. The highest BCUT2D eigenvalue weighted by Crippen LogP contribution is 2.14. The molecular formula is C20H26N4O2S. The average molecular weight is 387 g/mol. The molecule has 0 unspecified atom stereocenters. The van der Waals surface area contributed by atoms with Crippen molar-refractivity contribution in [1.29, 1.82) is 0 Å². The molecule has 0 atom stereocenters. The number of carbonyl (C=O) groups is 2. The number of nitrogens with zero attached hydrogens (tertiary/aromatic N) is 2. The summed E-state index contributed by atoms with van der Waals surface area (Å²) in [4.78, 5) is 30.3. The Morgan fingerprint density at radius 2 is 1.85 bits per heavy atom. The summed E-state index contributed by atoms with van der Waals surface area (Å²) in [5, 5.41) is 7.77. The third kappa shape index (κ3) is 5.89. The predicted octanol–water partition coefficient (Wildman–Crippen LogP) is 2.25. The molecule has 3 rings (SSSR count). The Kier molecular flexibility index (Phi) is 6.98. The highest BCUT2D eigenvalue weighted by Gasteiger charge is 2.19. The summed E-state index contributed by atoms with van der Waals surface area (Å²) < 4.78 is 0. The topological polar surface area (TPSA) is 64.7 Å². The lowest BCUT2D eigenvalue weighted by Crippen LogP contribution is -2.48. The van der Waals surface area contributed by atoms with Crippen molar-refractivity contribution in [2.24, 2.45) is 0 Å². The van der Waals surface area contributed by atoms with E-state index in [2.05, 4.69) is 37.9 Å². The van der Waals surface area contributed by atoms with Crippen LogP contribution in [0.25, 0.3) is 0 Å². The molecule has 1 saturated heterocycles. The number of hydrogen-bond acceptors (Lipinski definition) is 5. The number of amides is 2. The average Bonchev–Trinajstić information content (AvgIpc) is 3.17. The molecule has 1 aliphatic rings. The predicted molar refractivity (Wildman–Crippen MR) is 109 cm³/mol. The van der Waals surface area contributed by atoms with E-state index in [9.17, 15) is 9.59 Å². The lowest BCUT2D eigenvalue weighted by molar-refractivity contribution is -0.117. The van der Waals surface area contributed by atoms with E-state index in [1.165, 1.54) is 4.88 Å². The van der Waals surface area contributed by atoms with Crippen LogP contribution in [0.15, 0.2) is 41.8 Å². The van der Waals surface area contributed by atoms with Crippen LogP contribution in [0.4, 0.5) is 5.69 Å². The monoisotopic (exact) mass is 386 g/mol. The molecule has 0 spiro atoms. The summed E-state index contributed by atoms with van der Waals surface area (Å²) in [6, 6.07) is 11.3. The Labute approximate surface area is 164 Å². The van der Waals surface area contributed by atoms with Gasteiger partial charge in [-0.1, -0.05) is 12.1 Å². The van der Waals surface area contributed by atoms with Crippen LogP contribution in [0.3, 0.4) is 0 Å². The van der Waals surface area contributed by atoms with Gasteiger partial charge in [-0.05, 0) is 36.6 Å². The van der Waals surface area contributed by atoms with Crippen molar-refractivity contribution in [2.45, 2.75) is 13.5 Å². The van der Waals surface area contributed by atoms with Crippen LogP contribution < -0.4 is 10.6 Å². The van der Waals surface area contributed by atoms with Gasteiger partial charge in [0, 0.05) is 55.4 Å². The van der Waals surface area contributed by atoms with Crippen LogP contribution in [0.1, 0.15) is 22.2 Å². The minimum absolute atomic E-state index is 0.0465. The molecular weight excluding hydrogens is 360 g/mol. The van der Waals surface area contributed by atoms with Gasteiger partial charge in [0.05, 0.1) is 6.54 Å². The van der Waals surface area contributed by atoms with Gasteiger partial charge in [-0.2, -0.15) is 0 Å². The van der Waals surface area contributed by atoms with E-state index >= 15 is 0 Å². The molecule has 144 valence electrons. The van der Waals surface area contributed by atoms with Crippen molar-refractivity contribution in [2.75, 3.05) is 44.6 Å². The Balaban J connectivity index is 1.45. The van der Waals surface area contributed by atoms with Crippen LogP contribution in [0, 0.1) is 0 Å². The van der Waals surface area contributed by atoms with Gasteiger partial charge in [-0.25, -0.2) is 0 Å². The smallest absolute Gasteiger partial charge is 0.251 e. The van der Waals surface area contributed by atoms with Gasteiger partial charge >= 0.3 is 0 Å². The number of carbonyl (C=O) groups excluding carboxylic acids is 2. The number of rotatable bonds is 7. The SMILES string of the molecule is CCNC(=O)c1cccc(NC(=O)CN2CCN(Cc3cccs3)CC2)c1. The van der Waals surface area contributed by atoms with E-state index in [0.717, 1.165) is 32.7 Å². The second-order valence-electron chi connectivity index (χ2n) is 6.62. The molecule has 1 fully saturated rings. The van der Waals surface area contributed by atoms with E-state index in [0.29, 0.717) is 24.3 Å². The Morgan fingerprint density at radius 1 is 1.07 bits per heavy atom. The van der Waals surface area contributed by atoms with Crippen molar-refractivity contribution >= 4 is 28.8 Å². The van der Waals surface area contributed by atoms with Crippen LogP contribution in [0.2, 0.25) is 0 Å². The summed E-state index contributed by atoms with van der Waals surface area (Å²) in [6.45, 7) is 7.53. The molecule has 7 heteroatoms. The third-order valence-electron chi connectivity index (χ3n) is 4.54. The zero-order chi connectivity index (χ0) is 19.1. The molecule has 0 bridgehead atoms. The number of anilines is 1. The second-order valence-corrected chi connectivity index (χ2v) is 7.65. The van der Waals surface area contributed by atoms with Gasteiger partial charge in [0.25, 0.3) is 5.91 Å². The molecule has 2 N–H and O–H groups in total. The van der Waals surface area contributed by atoms with Gasteiger partial charge in [-0.3, -0.25) is 19.4 Å². The lowest BCUT2D eigenvalue weighted by Gasteiger charge is -2.34. The van der Waals surface area contributed by atoms with Crippen LogP contribution >= 0.6 is 11.3 Å². The first-order chi connectivity index (χ1) is 13.1. The molecule has 2 heterocycles. The maximum absolute atomic E-state index is 12.4. The minimum atomic E-state index is -0.129. The molecule has 0 saturated carbocycles. The lowest BCUT2D eigenvalue weighted by atomic mass is 10.2. The molecule has 0 aliphatic carbocycles. The second kappa shape index (κ2) is 9.64. The Morgan fingerprint density at radius 3 is 2.56 bits per heavy atom. The molecule has 0 radical (unpaired) electrons. The van der Waals surface area contributed by atoms with E-state index in [-0.39, 0.29) is 11.8 Å². The van der Waals surface area contributed by atoms with Gasteiger partial charge in [-0.15, -0.1) is 11.3 Å². The first kappa shape index (κ1) is 19.5. The fourth-order valence-corrected chi connectivity index (χ4v) is 3.88. The van der Waals surface area contributed by atoms with Gasteiger partial charge in [0.2, 0.25) is 5.91 Å². The quantitative estimate of drug-likeness (QED) is 0.766. The zero-order valence-corrected chi connectivity index (χ0v) is 16.4. The van der Waals surface area contributed by atoms with Crippen LogP contribution in [-0.2, 0) is 11.3 Å². The van der Waals surface area contributed by atoms with Crippen LogP contribution in [-0.4, -0.2) is 60.9 Å². The van der Waals surface area contributed by atoms with Gasteiger partial charge < -0.3 is 10.6 Å². The summed E-state index contributed by atoms with van der Waals surface area (Å²) in [5.41, 5.74) is 1.21. The summed E-state index contributed by atoms with van der Waals surface area (Å²) in [5.74, 6) is -0.176. The number of hydrogen-bond donors (Lipinski definition) is 2. The minimum Gasteiger partial charge on any atom is -0.352 e. The van der Waals surface area contributed by atoms with Crippen LogP contribution in [0.5, 0.6) is 0 Å². The number of thiophene rings is 1. The maximum atomic E-state index is 12.4. The fraction of sp³-hybridized carbons (Fsp3) is 0.400. The summed E-state index contributed by atoms with van der Waals surface area (Å²) in [6.07, 6.45) is 0. The highest BCUT2D eigenvalue weighted by molar-refractivity contribution is 7.09. The number of benzene rings is 1. The van der Waals surface area contributed by atoms with Crippen molar-refractivity contribution < 1.29 is 9.59 Å². The van der Waals surface area contributed by atoms with Gasteiger partial charge in [0.15, 0.2) is 0 Å². The molecule has 6 nitrogen and oxygen atoms in total. The number of nitrogens with one attached hydrogen (secondary N) is 2. The maximum Gasteiger partial charge on any atom is 0.251 e. The van der Waals surface area contributed by atoms with E-state index in [1.54, 1.807) is 35.6 Å². The Hall–Kier alpha value is -2.22. The third-order valence-corrected chi connectivity index (χ3v) is 5.40. The first-order valence-electron chi connectivity index (χ1n) is 9.29. The fourth-order valence-electron chi connectivity index (χ4n) is 3.13. The summed E-state index contributed by atoms with van der Waals surface area (Å²) in [7, 11) is 0. The standard InChI is InChI=1S/C20H26N4O2S/c1-2-21-20(26)16-5-3-6-17(13-16)22-19(25)15-24-10-8-23(9-11-24)14-18-7-4-12-27-18/h3-7,12-13H,2,8-11,14-15H2,1H3,(H,21,26)(H,22,25).